The monoisotopic (exact) mass is 290 g/mol. The van der Waals surface area contributed by atoms with Gasteiger partial charge in [-0.2, -0.15) is 0 Å². The van der Waals surface area contributed by atoms with Crippen LogP contribution < -0.4 is 9.47 Å². The molecule has 0 N–H and O–H groups in total. The Morgan fingerprint density at radius 3 is 2.47 bits per heavy atom. The molecule has 19 heavy (non-hydrogen) atoms. The lowest BCUT2D eigenvalue weighted by molar-refractivity contribution is -0.618. The molecule has 0 unspecified atom stereocenters. The molecule has 0 amide bonds. The zero-order valence-electron chi connectivity index (χ0n) is 11.1. The van der Waals surface area contributed by atoms with Gasteiger partial charge in [-0.1, -0.05) is 29.5 Å². The van der Waals surface area contributed by atoms with Crippen molar-refractivity contribution in [1.82, 2.24) is 0 Å². The van der Waals surface area contributed by atoms with Crippen LogP contribution in [-0.2, 0) is 12.6 Å². The second-order valence-electron chi connectivity index (χ2n) is 4.96. The number of anilines is 1. The summed E-state index contributed by atoms with van der Waals surface area (Å²) in [6, 6.07) is 10.5. The fourth-order valence-electron chi connectivity index (χ4n) is 2.57. The van der Waals surface area contributed by atoms with Crippen LogP contribution in [0.1, 0.15) is 24.1 Å². The Hall–Kier alpha value is -1.13. The minimum atomic E-state index is 0.955. The molecule has 1 aromatic heterocycles. The molecule has 1 aliphatic rings. The van der Waals surface area contributed by atoms with Crippen molar-refractivity contribution in [1.29, 1.82) is 0 Å². The standard InChI is InChI=1S/C15H18N2S2/c1-12-14(18)17(13-8-4-2-5-9-13)15(19-12)16-10-6-3-7-11-16/h2,4-5,8-9H,3,6-7,10-11H2,1H3. The van der Waals surface area contributed by atoms with E-state index in [1.165, 1.54) is 35.0 Å². The Labute approximate surface area is 124 Å². The van der Waals surface area contributed by atoms with Gasteiger partial charge in [0, 0.05) is 9.90 Å². The maximum absolute atomic E-state index is 5.61. The molecule has 1 saturated heterocycles. The molecule has 2 aromatic rings. The molecular formula is C15H18N2S2. The number of para-hydroxylation sites is 1. The molecule has 0 atom stereocenters. The number of piperidine rings is 1. The number of aryl methyl sites for hydroxylation is 1. The van der Waals surface area contributed by atoms with Crippen LogP contribution in [-0.4, -0.2) is 13.1 Å². The third kappa shape index (κ3) is 2.47. The van der Waals surface area contributed by atoms with Crippen LogP contribution in [0.4, 0.5) is 5.13 Å². The molecule has 4 heteroatoms. The first kappa shape index (κ1) is 12.9. The van der Waals surface area contributed by atoms with E-state index in [0.717, 1.165) is 18.1 Å². The molecule has 2 nitrogen and oxygen atoms in total. The second-order valence-corrected chi connectivity index (χ2v) is 6.53. The van der Waals surface area contributed by atoms with Gasteiger partial charge >= 0.3 is 5.13 Å². The Kier molecular flexibility index (Phi) is 3.71. The van der Waals surface area contributed by atoms with Gasteiger partial charge in [0.1, 0.15) is 5.69 Å². The van der Waals surface area contributed by atoms with Crippen LogP contribution in [0.15, 0.2) is 35.4 Å². The lowest BCUT2D eigenvalue weighted by Gasteiger charge is -2.21. The number of hydrogen-bond donors (Lipinski definition) is 0. The summed E-state index contributed by atoms with van der Waals surface area (Å²) in [7, 11) is 0. The Morgan fingerprint density at radius 1 is 1.11 bits per heavy atom. The highest BCUT2D eigenvalue weighted by Crippen LogP contribution is 2.28. The van der Waals surface area contributed by atoms with Crippen LogP contribution >= 0.6 is 11.3 Å². The van der Waals surface area contributed by atoms with Crippen LogP contribution in [0.3, 0.4) is 0 Å². The summed E-state index contributed by atoms with van der Waals surface area (Å²) in [5.41, 5.74) is 1.18. The Bertz CT molecular complexity index is 557. The van der Waals surface area contributed by atoms with Crippen molar-refractivity contribution in [3.05, 3.63) is 35.2 Å². The molecule has 3 rings (SSSR count). The van der Waals surface area contributed by atoms with Gasteiger partial charge in [-0.15, -0.1) is 0 Å². The van der Waals surface area contributed by atoms with Crippen LogP contribution in [0.5, 0.6) is 0 Å². The van der Waals surface area contributed by atoms with Crippen LogP contribution in [0.2, 0.25) is 0 Å². The van der Waals surface area contributed by atoms with E-state index in [-0.39, 0.29) is 0 Å². The molecule has 0 bridgehead atoms. The largest absolute Gasteiger partial charge is 0.736 e. The predicted molar refractivity (Wildman–Crippen MR) is 82.3 cm³/mol. The van der Waals surface area contributed by atoms with E-state index < -0.39 is 0 Å². The lowest BCUT2D eigenvalue weighted by Crippen LogP contribution is -2.41. The van der Waals surface area contributed by atoms with Gasteiger partial charge in [0.25, 0.3) is 0 Å². The first-order chi connectivity index (χ1) is 9.27. The summed E-state index contributed by atoms with van der Waals surface area (Å²) in [4.78, 5) is 3.73. The van der Waals surface area contributed by atoms with Gasteiger partial charge in [0.2, 0.25) is 0 Å². The van der Waals surface area contributed by atoms with Gasteiger partial charge in [0.05, 0.1) is 13.1 Å². The third-order valence-corrected chi connectivity index (χ3v) is 5.32. The summed E-state index contributed by atoms with van der Waals surface area (Å²) in [6.45, 7) is 4.43. The van der Waals surface area contributed by atoms with Crippen molar-refractivity contribution >= 4 is 29.1 Å². The van der Waals surface area contributed by atoms with Gasteiger partial charge in [-0.25, -0.2) is 4.57 Å². The van der Waals surface area contributed by atoms with Gasteiger partial charge in [-0.05, 0) is 38.3 Å². The molecule has 0 aliphatic carbocycles. The van der Waals surface area contributed by atoms with Crippen molar-refractivity contribution in [2.24, 2.45) is 0 Å². The van der Waals surface area contributed by atoms with Gasteiger partial charge in [-0.3, -0.25) is 4.90 Å². The third-order valence-electron chi connectivity index (χ3n) is 3.58. The Morgan fingerprint density at radius 2 is 1.79 bits per heavy atom. The van der Waals surface area contributed by atoms with Crippen molar-refractivity contribution in [3.8, 4) is 5.69 Å². The molecule has 0 radical (unpaired) electrons. The van der Waals surface area contributed by atoms with Crippen molar-refractivity contribution in [2.45, 2.75) is 31.2 Å². The maximum atomic E-state index is 5.61. The summed E-state index contributed by atoms with van der Waals surface area (Å²) in [6.07, 6.45) is 3.93. The lowest BCUT2D eigenvalue weighted by atomic mass is 10.1. The normalized spacial score (nSPS) is 15.7. The summed E-state index contributed by atoms with van der Waals surface area (Å²) in [5, 5.41) is 2.25. The molecule has 2 heterocycles. The van der Waals surface area contributed by atoms with Crippen molar-refractivity contribution in [3.63, 3.8) is 0 Å². The number of rotatable bonds is 2. The minimum Gasteiger partial charge on any atom is -0.736 e. The molecule has 1 aromatic carbocycles. The number of hydrogen-bond acceptors (Lipinski definition) is 3. The van der Waals surface area contributed by atoms with E-state index >= 15 is 0 Å². The molecule has 100 valence electrons. The predicted octanol–water partition coefficient (Wildman–Crippen LogP) is 3.23. The zero-order chi connectivity index (χ0) is 13.2. The van der Waals surface area contributed by atoms with Crippen molar-refractivity contribution < 1.29 is 4.57 Å². The van der Waals surface area contributed by atoms with E-state index in [9.17, 15) is 0 Å². The molecular weight excluding hydrogens is 272 g/mol. The van der Waals surface area contributed by atoms with Crippen molar-refractivity contribution in [2.75, 3.05) is 18.0 Å². The van der Waals surface area contributed by atoms with Gasteiger partial charge in [0.15, 0.2) is 0 Å². The highest BCUT2D eigenvalue weighted by molar-refractivity contribution is 7.58. The molecule has 1 fully saturated rings. The van der Waals surface area contributed by atoms with E-state index in [4.69, 9.17) is 12.6 Å². The van der Waals surface area contributed by atoms with Crippen LogP contribution in [0, 0.1) is 6.92 Å². The molecule has 1 aliphatic heterocycles. The highest BCUT2D eigenvalue weighted by Gasteiger charge is 2.26. The summed E-state index contributed by atoms with van der Waals surface area (Å²) in [5.74, 6) is 0. The van der Waals surface area contributed by atoms with E-state index in [2.05, 4.69) is 40.7 Å². The topological polar surface area (TPSA) is 7.12 Å². The number of thiazole rings is 1. The van der Waals surface area contributed by atoms with Gasteiger partial charge < -0.3 is 12.6 Å². The molecule has 0 spiro atoms. The fourth-order valence-corrected chi connectivity index (χ4v) is 3.99. The summed E-state index contributed by atoms with van der Waals surface area (Å²) < 4.78 is 2.24. The van der Waals surface area contributed by atoms with E-state index in [1.807, 2.05) is 17.4 Å². The SMILES string of the molecule is Cc1sc(N2CCCCC2)[n+](-c2ccccc2)c1[S-]. The zero-order valence-corrected chi connectivity index (χ0v) is 12.8. The quantitative estimate of drug-likeness (QED) is 0.619. The number of aromatic nitrogens is 1. The number of benzene rings is 1. The smallest absolute Gasteiger partial charge is 0.340 e. The first-order valence-corrected chi connectivity index (χ1v) is 8.02. The summed E-state index contributed by atoms with van der Waals surface area (Å²) >= 11 is 7.44. The maximum Gasteiger partial charge on any atom is 0.340 e. The molecule has 0 saturated carbocycles. The average Bonchev–Trinajstić information content (AvgIpc) is 2.77. The first-order valence-electron chi connectivity index (χ1n) is 6.80. The highest BCUT2D eigenvalue weighted by atomic mass is 32.1. The Balaban J connectivity index is 2.07. The second kappa shape index (κ2) is 5.47. The van der Waals surface area contributed by atoms with Crippen LogP contribution in [0.25, 0.3) is 5.69 Å². The minimum absolute atomic E-state index is 0.955. The average molecular weight is 290 g/mol. The fraction of sp³-hybridized carbons (Fsp3) is 0.400. The van der Waals surface area contributed by atoms with E-state index in [0.29, 0.717) is 0 Å². The number of nitrogens with zero attached hydrogens (tertiary/aromatic N) is 2. The van der Waals surface area contributed by atoms with E-state index in [1.54, 1.807) is 0 Å².